The maximum absolute atomic E-state index is 12.3. The zero-order valence-electron chi connectivity index (χ0n) is 11.4. The van der Waals surface area contributed by atoms with Crippen molar-refractivity contribution in [3.8, 4) is 0 Å². The third-order valence-corrected chi connectivity index (χ3v) is 3.61. The van der Waals surface area contributed by atoms with Crippen molar-refractivity contribution in [2.24, 2.45) is 0 Å². The molecule has 1 aliphatic heterocycles. The highest BCUT2D eigenvalue weighted by Gasteiger charge is 2.21. The molecule has 1 aliphatic rings. The van der Waals surface area contributed by atoms with Gasteiger partial charge in [-0.2, -0.15) is 0 Å². The van der Waals surface area contributed by atoms with Crippen LogP contribution in [0.25, 0.3) is 0 Å². The minimum absolute atomic E-state index is 0.0235. The van der Waals surface area contributed by atoms with Crippen LogP contribution in [0, 0.1) is 0 Å². The molecule has 0 saturated carbocycles. The number of rotatable bonds is 3. The average molecular weight is 250 g/mol. The fourth-order valence-electron chi connectivity index (χ4n) is 2.42. The molecule has 0 unspecified atom stereocenters. The van der Waals surface area contributed by atoms with E-state index in [0.29, 0.717) is 11.9 Å². The standard InChI is InChI=1S/C13H22N4O/c1-10(2)17-9-6-15-12(13(17)18)16-7-4-11(14-3)5-8-16/h6,9-11,14H,4-5,7-8H2,1-3H3. The Kier molecular flexibility index (Phi) is 4.01. The van der Waals surface area contributed by atoms with Gasteiger partial charge < -0.3 is 14.8 Å². The van der Waals surface area contributed by atoms with E-state index in [-0.39, 0.29) is 11.6 Å². The van der Waals surface area contributed by atoms with Crippen molar-refractivity contribution in [3.05, 3.63) is 22.7 Å². The summed E-state index contributed by atoms with van der Waals surface area (Å²) in [6.45, 7) is 5.82. The first-order valence-corrected chi connectivity index (χ1v) is 6.63. The van der Waals surface area contributed by atoms with Crippen molar-refractivity contribution in [1.82, 2.24) is 14.9 Å². The summed E-state index contributed by atoms with van der Waals surface area (Å²) in [5, 5.41) is 3.29. The molecule has 0 amide bonds. The summed E-state index contributed by atoms with van der Waals surface area (Å²) in [4.78, 5) is 18.7. The highest BCUT2D eigenvalue weighted by atomic mass is 16.1. The molecule has 2 rings (SSSR count). The van der Waals surface area contributed by atoms with E-state index in [1.165, 1.54) is 0 Å². The highest BCUT2D eigenvalue weighted by molar-refractivity contribution is 5.36. The Hall–Kier alpha value is -1.36. The van der Waals surface area contributed by atoms with E-state index in [2.05, 4.69) is 15.2 Å². The molecular formula is C13H22N4O. The smallest absolute Gasteiger partial charge is 0.293 e. The second kappa shape index (κ2) is 5.52. The van der Waals surface area contributed by atoms with E-state index in [1.54, 1.807) is 17.0 Å². The van der Waals surface area contributed by atoms with Gasteiger partial charge in [0.2, 0.25) is 0 Å². The van der Waals surface area contributed by atoms with Gasteiger partial charge in [-0.15, -0.1) is 0 Å². The number of anilines is 1. The Bertz CT molecular complexity index is 447. The summed E-state index contributed by atoms with van der Waals surface area (Å²) >= 11 is 0. The van der Waals surface area contributed by atoms with Gasteiger partial charge in [-0.25, -0.2) is 4.98 Å². The van der Waals surface area contributed by atoms with E-state index in [0.717, 1.165) is 25.9 Å². The zero-order valence-corrected chi connectivity index (χ0v) is 11.4. The Morgan fingerprint density at radius 3 is 2.61 bits per heavy atom. The molecule has 0 aliphatic carbocycles. The second-order valence-corrected chi connectivity index (χ2v) is 5.11. The van der Waals surface area contributed by atoms with Crippen molar-refractivity contribution >= 4 is 5.82 Å². The van der Waals surface area contributed by atoms with Crippen LogP contribution in [-0.2, 0) is 0 Å². The lowest BCUT2D eigenvalue weighted by atomic mass is 10.1. The molecule has 0 bridgehead atoms. The minimum atomic E-state index is 0.0235. The topological polar surface area (TPSA) is 50.2 Å². The van der Waals surface area contributed by atoms with E-state index in [1.807, 2.05) is 20.9 Å². The molecule has 1 N–H and O–H groups in total. The second-order valence-electron chi connectivity index (χ2n) is 5.11. The molecule has 0 spiro atoms. The van der Waals surface area contributed by atoms with Gasteiger partial charge in [0.1, 0.15) is 0 Å². The average Bonchev–Trinajstić information content (AvgIpc) is 2.39. The van der Waals surface area contributed by atoms with Gasteiger partial charge in [0.25, 0.3) is 5.56 Å². The van der Waals surface area contributed by atoms with Crippen LogP contribution in [0.5, 0.6) is 0 Å². The van der Waals surface area contributed by atoms with E-state index < -0.39 is 0 Å². The zero-order chi connectivity index (χ0) is 13.1. The first-order chi connectivity index (χ1) is 8.63. The quantitative estimate of drug-likeness (QED) is 0.870. The minimum Gasteiger partial charge on any atom is -0.352 e. The lowest BCUT2D eigenvalue weighted by molar-refractivity contribution is 0.438. The van der Waals surface area contributed by atoms with Crippen LogP contribution >= 0.6 is 0 Å². The van der Waals surface area contributed by atoms with Crippen LogP contribution in [-0.4, -0.2) is 35.7 Å². The fourth-order valence-corrected chi connectivity index (χ4v) is 2.42. The molecule has 0 atom stereocenters. The Labute approximate surface area is 108 Å². The summed E-state index contributed by atoms with van der Waals surface area (Å²) in [6.07, 6.45) is 5.61. The van der Waals surface area contributed by atoms with Gasteiger partial charge in [-0.05, 0) is 33.7 Å². The first kappa shape index (κ1) is 13.1. The largest absolute Gasteiger partial charge is 0.352 e. The SMILES string of the molecule is CNC1CCN(c2nccn(C(C)C)c2=O)CC1. The lowest BCUT2D eigenvalue weighted by Gasteiger charge is -2.32. The van der Waals surface area contributed by atoms with Crippen LogP contribution in [0.3, 0.4) is 0 Å². The molecule has 1 fully saturated rings. The molecule has 1 aromatic rings. The molecule has 100 valence electrons. The van der Waals surface area contributed by atoms with Crippen LogP contribution in [0.2, 0.25) is 0 Å². The fraction of sp³-hybridized carbons (Fsp3) is 0.692. The molecule has 2 heterocycles. The van der Waals surface area contributed by atoms with Crippen LogP contribution in [0.1, 0.15) is 32.7 Å². The Balaban J connectivity index is 2.20. The third-order valence-electron chi connectivity index (χ3n) is 3.61. The summed E-state index contributed by atoms with van der Waals surface area (Å²) in [5.74, 6) is 0.598. The van der Waals surface area contributed by atoms with E-state index >= 15 is 0 Å². The van der Waals surface area contributed by atoms with Gasteiger partial charge in [-0.3, -0.25) is 4.79 Å². The van der Waals surface area contributed by atoms with Gasteiger partial charge in [0, 0.05) is 37.6 Å². The van der Waals surface area contributed by atoms with Crippen molar-refractivity contribution in [2.45, 2.75) is 38.8 Å². The monoisotopic (exact) mass is 250 g/mol. The number of aromatic nitrogens is 2. The van der Waals surface area contributed by atoms with Gasteiger partial charge in [0.05, 0.1) is 0 Å². The summed E-state index contributed by atoms with van der Waals surface area (Å²) < 4.78 is 1.74. The molecule has 1 aromatic heterocycles. The van der Waals surface area contributed by atoms with Gasteiger partial charge >= 0.3 is 0 Å². The Morgan fingerprint density at radius 1 is 1.39 bits per heavy atom. The Morgan fingerprint density at radius 2 is 2.06 bits per heavy atom. The molecule has 0 aromatic carbocycles. The molecule has 1 saturated heterocycles. The number of piperidine rings is 1. The predicted molar refractivity (Wildman–Crippen MR) is 73.2 cm³/mol. The maximum Gasteiger partial charge on any atom is 0.293 e. The third kappa shape index (κ3) is 2.56. The van der Waals surface area contributed by atoms with Crippen LogP contribution in [0.4, 0.5) is 5.82 Å². The van der Waals surface area contributed by atoms with E-state index in [9.17, 15) is 4.79 Å². The van der Waals surface area contributed by atoms with Crippen molar-refractivity contribution in [1.29, 1.82) is 0 Å². The summed E-state index contributed by atoms with van der Waals surface area (Å²) in [5.41, 5.74) is 0.0235. The van der Waals surface area contributed by atoms with Crippen LogP contribution in [0.15, 0.2) is 17.2 Å². The van der Waals surface area contributed by atoms with E-state index in [4.69, 9.17) is 0 Å². The number of hydrogen-bond acceptors (Lipinski definition) is 4. The molecule has 5 nitrogen and oxygen atoms in total. The number of nitrogens with one attached hydrogen (secondary N) is 1. The van der Waals surface area contributed by atoms with Crippen molar-refractivity contribution < 1.29 is 0 Å². The van der Waals surface area contributed by atoms with Crippen LogP contribution < -0.4 is 15.8 Å². The molecular weight excluding hydrogens is 228 g/mol. The molecule has 18 heavy (non-hydrogen) atoms. The van der Waals surface area contributed by atoms with Gasteiger partial charge in [-0.1, -0.05) is 0 Å². The summed E-state index contributed by atoms with van der Waals surface area (Å²) in [6, 6.07) is 0.742. The number of hydrogen-bond donors (Lipinski definition) is 1. The molecule has 5 heteroatoms. The predicted octanol–water partition coefficient (Wildman–Crippen LogP) is 1.01. The van der Waals surface area contributed by atoms with Gasteiger partial charge in [0.15, 0.2) is 5.82 Å². The lowest BCUT2D eigenvalue weighted by Crippen LogP contribution is -2.44. The number of nitrogens with zero attached hydrogens (tertiary/aromatic N) is 3. The summed E-state index contributed by atoms with van der Waals surface area (Å²) in [7, 11) is 1.99. The van der Waals surface area contributed by atoms with Crippen molar-refractivity contribution in [3.63, 3.8) is 0 Å². The maximum atomic E-state index is 12.3. The normalized spacial score (nSPS) is 17.4. The van der Waals surface area contributed by atoms with Crippen molar-refractivity contribution in [2.75, 3.05) is 25.0 Å². The highest BCUT2D eigenvalue weighted by Crippen LogP contribution is 2.14. The first-order valence-electron chi connectivity index (χ1n) is 6.63. The molecule has 0 radical (unpaired) electrons.